The number of benzene rings is 1. The highest BCUT2D eigenvalue weighted by Crippen LogP contribution is 2.41. The van der Waals surface area contributed by atoms with Gasteiger partial charge >= 0.3 is 0 Å². The average Bonchev–Trinajstić information content (AvgIpc) is 3.45. The molecule has 4 rings (SSSR count). The van der Waals surface area contributed by atoms with Gasteiger partial charge in [0.15, 0.2) is 11.0 Å². The van der Waals surface area contributed by atoms with E-state index in [2.05, 4.69) is 25.1 Å². The van der Waals surface area contributed by atoms with E-state index in [-0.39, 0.29) is 11.7 Å². The molecule has 1 aliphatic carbocycles. The molecule has 0 spiro atoms. The number of anilines is 1. The van der Waals surface area contributed by atoms with E-state index < -0.39 is 5.25 Å². The molecular formula is C20H20FN5OS. The van der Waals surface area contributed by atoms with Crippen molar-refractivity contribution in [2.45, 2.75) is 43.1 Å². The highest BCUT2D eigenvalue weighted by atomic mass is 32.2. The van der Waals surface area contributed by atoms with Crippen LogP contribution in [0.3, 0.4) is 0 Å². The van der Waals surface area contributed by atoms with Gasteiger partial charge in [0.2, 0.25) is 5.91 Å². The number of pyridine rings is 1. The summed E-state index contributed by atoms with van der Waals surface area (Å²) in [4.78, 5) is 16.7. The zero-order valence-corrected chi connectivity index (χ0v) is 16.4. The summed E-state index contributed by atoms with van der Waals surface area (Å²) in [7, 11) is 0. The molecule has 1 atom stereocenters. The van der Waals surface area contributed by atoms with Crippen molar-refractivity contribution in [2.75, 3.05) is 5.32 Å². The van der Waals surface area contributed by atoms with Gasteiger partial charge in [-0.15, -0.1) is 10.2 Å². The number of aryl methyl sites for hydroxylation is 1. The third kappa shape index (κ3) is 3.91. The van der Waals surface area contributed by atoms with Gasteiger partial charge < -0.3 is 5.32 Å². The van der Waals surface area contributed by atoms with Crippen LogP contribution in [0, 0.1) is 12.7 Å². The van der Waals surface area contributed by atoms with Crippen LogP contribution in [0.25, 0.3) is 11.4 Å². The molecule has 0 aliphatic heterocycles. The Labute approximate surface area is 166 Å². The predicted molar refractivity (Wildman–Crippen MR) is 107 cm³/mol. The number of carbonyl (C=O) groups is 1. The van der Waals surface area contributed by atoms with E-state index in [1.807, 2.05) is 12.1 Å². The molecule has 1 aliphatic rings. The number of carbonyl (C=O) groups excluding carboxylic acids is 1. The van der Waals surface area contributed by atoms with E-state index >= 15 is 0 Å². The predicted octanol–water partition coefficient (Wildman–Crippen LogP) is 4.24. The molecule has 1 N–H and O–H groups in total. The molecule has 0 radical (unpaired) electrons. The van der Waals surface area contributed by atoms with Gasteiger partial charge in [0.1, 0.15) is 5.82 Å². The van der Waals surface area contributed by atoms with Crippen molar-refractivity contribution in [3.63, 3.8) is 0 Å². The lowest BCUT2D eigenvalue weighted by Gasteiger charge is -2.13. The topological polar surface area (TPSA) is 72.7 Å². The normalized spacial score (nSPS) is 14.7. The first-order chi connectivity index (χ1) is 13.5. The maximum Gasteiger partial charge on any atom is 0.237 e. The van der Waals surface area contributed by atoms with Crippen LogP contribution in [0.5, 0.6) is 0 Å². The van der Waals surface area contributed by atoms with E-state index in [4.69, 9.17) is 0 Å². The Kier molecular flexibility index (Phi) is 5.13. The van der Waals surface area contributed by atoms with Crippen LogP contribution in [0.1, 0.15) is 31.4 Å². The molecule has 28 heavy (non-hydrogen) atoms. The lowest BCUT2D eigenvalue weighted by atomic mass is 10.2. The van der Waals surface area contributed by atoms with Gasteiger partial charge in [0.25, 0.3) is 0 Å². The summed E-state index contributed by atoms with van der Waals surface area (Å²) >= 11 is 1.35. The molecule has 1 aromatic carbocycles. The highest BCUT2D eigenvalue weighted by Gasteiger charge is 2.31. The molecule has 3 aromatic rings. The van der Waals surface area contributed by atoms with Gasteiger partial charge in [-0.2, -0.15) is 0 Å². The fraction of sp³-hybridized carbons (Fsp3) is 0.300. The lowest BCUT2D eigenvalue weighted by molar-refractivity contribution is -0.115. The van der Waals surface area contributed by atoms with Gasteiger partial charge in [0.05, 0.1) is 5.25 Å². The van der Waals surface area contributed by atoms with Crippen molar-refractivity contribution in [2.24, 2.45) is 0 Å². The molecule has 0 bridgehead atoms. The van der Waals surface area contributed by atoms with Crippen molar-refractivity contribution in [1.29, 1.82) is 0 Å². The first kappa shape index (κ1) is 18.6. The van der Waals surface area contributed by atoms with Crippen LogP contribution >= 0.6 is 11.8 Å². The Morgan fingerprint density at radius 1 is 1.32 bits per heavy atom. The Balaban J connectivity index is 1.51. The monoisotopic (exact) mass is 397 g/mol. The maximum absolute atomic E-state index is 13.7. The summed E-state index contributed by atoms with van der Waals surface area (Å²) in [5, 5.41) is 11.7. The summed E-state index contributed by atoms with van der Waals surface area (Å²) in [5.74, 6) is 0.223. The van der Waals surface area contributed by atoms with Crippen molar-refractivity contribution >= 4 is 23.4 Å². The van der Waals surface area contributed by atoms with Crippen LogP contribution < -0.4 is 5.32 Å². The smallest absolute Gasteiger partial charge is 0.237 e. The third-order valence-electron chi connectivity index (χ3n) is 4.59. The number of hydrogen-bond donors (Lipinski definition) is 1. The molecule has 1 saturated carbocycles. The van der Waals surface area contributed by atoms with Crippen molar-refractivity contribution in [3.05, 3.63) is 54.1 Å². The number of nitrogens with zero attached hydrogens (tertiary/aromatic N) is 4. The summed E-state index contributed by atoms with van der Waals surface area (Å²) in [6.07, 6.45) is 5.63. The number of hydrogen-bond acceptors (Lipinski definition) is 5. The number of thioether (sulfide) groups is 1. The van der Waals surface area contributed by atoms with E-state index in [1.165, 1.54) is 17.8 Å². The Morgan fingerprint density at radius 3 is 2.82 bits per heavy atom. The van der Waals surface area contributed by atoms with Crippen LogP contribution in [-0.2, 0) is 4.79 Å². The maximum atomic E-state index is 13.7. The SMILES string of the molecule is Cc1ccc(NC(=O)[C@H](C)Sc2nnc(-c3cccnc3)n2C2CC2)cc1F. The Hall–Kier alpha value is -2.74. The molecule has 2 aromatic heterocycles. The van der Waals surface area contributed by atoms with Gasteiger partial charge in [-0.3, -0.25) is 14.3 Å². The molecule has 144 valence electrons. The average molecular weight is 397 g/mol. The zero-order chi connectivity index (χ0) is 19.7. The minimum absolute atomic E-state index is 0.207. The standard InChI is InChI=1S/C20H20FN5OS/c1-12-5-6-15(10-17(12)21)23-19(27)13(2)28-20-25-24-18(26(20)16-7-8-16)14-4-3-9-22-11-14/h3-6,9-11,13,16H,7-8H2,1-2H3,(H,23,27)/t13-/m0/s1. The van der Waals surface area contributed by atoms with E-state index in [0.717, 1.165) is 24.2 Å². The van der Waals surface area contributed by atoms with Crippen LogP contribution in [0.15, 0.2) is 47.9 Å². The highest BCUT2D eigenvalue weighted by molar-refractivity contribution is 8.00. The second-order valence-corrected chi connectivity index (χ2v) is 8.17. The molecule has 1 fully saturated rings. The fourth-order valence-electron chi connectivity index (χ4n) is 2.84. The van der Waals surface area contributed by atoms with Crippen molar-refractivity contribution in [3.8, 4) is 11.4 Å². The molecular weight excluding hydrogens is 377 g/mol. The van der Waals surface area contributed by atoms with Gasteiger partial charge in [-0.05, 0) is 56.5 Å². The number of rotatable bonds is 6. The van der Waals surface area contributed by atoms with Gasteiger partial charge in [0, 0.05) is 29.7 Å². The van der Waals surface area contributed by atoms with E-state index in [1.54, 1.807) is 38.4 Å². The largest absolute Gasteiger partial charge is 0.325 e. The summed E-state index contributed by atoms with van der Waals surface area (Å²) in [6.45, 7) is 3.49. The van der Waals surface area contributed by atoms with Gasteiger partial charge in [-0.25, -0.2) is 4.39 Å². The first-order valence-corrected chi connectivity index (χ1v) is 10.00. The number of halogens is 1. The molecule has 6 nitrogen and oxygen atoms in total. The second-order valence-electron chi connectivity index (χ2n) is 6.86. The summed E-state index contributed by atoms with van der Waals surface area (Å²) < 4.78 is 15.8. The molecule has 8 heteroatoms. The Bertz CT molecular complexity index is 1000. The first-order valence-electron chi connectivity index (χ1n) is 9.12. The van der Waals surface area contributed by atoms with Gasteiger partial charge in [-0.1, -0.05) is 17.8 Å². The molecule has 1 amide bonds. The summed E-state index contributed by atoms with van der Waals surface area (Å²) in [6, 6.07) is 8.84. The fourth-order valence-corrected chi connectivity index (χ4v) is 3.76. The lowest BCUT2D eigenvalue weighted by Crippen LogP contribution is -2.23. The molecule has 0 unspecified atom stereocenters. The van der Waals surface area contributed by atoms with Crippen molar-refractivity contribution < 1.29 is 9.18 Å². The quantitative estimate of drug-likeness (QED) is 0.630. The Morgan fingerprint density at radius 2 is 2.14 bits per heavy atom. The molecule has 0 saturated heterocycles. The van der Waals surface area contributed by atoms with E-state index in [9.17, 15) is 9.18 Å². The molecule has 2 heterocycles. The minimum atomic E-state index is -0.409. The second kappa shape index (κ2) is 7.71. The van der Waals surface area contributed by atoms with Crippen molar-refractivity contribution in [1.82, 2.24) is 19.7 Å². The van der Waals surface area contributed by atoms with E-state index in [0.29, 0.717) is 22.4 Å². The van der Waals surface area contributed by atoms with Crippen LogP contribution in [0.2, 0.25) is 0 Å². The zero-order valence-electron chi connectivity index (χ0n) is 15.6. The number of amides is 1. The number of aromatic nitrogens is 4. The van der Waals surface area contributed by atoms with Crippen LogP contribution in [-0.4, -0.2) is 30.9 Å². The van der Waals surface area contributed by atoms with Crippen LogP contribution in [0.4, 0.5) is 10.1 Å². The third-order valence-corrected chi connectivity index (χ3v) is 5.64. The minimum Gasteiger partial charge on any atom is -0.325 e. The summed E-state index contributed by atoms with van der Waals surface area (Å²) in [5.41, 5.74) is 1.89. The number of nitrogens with one attached hydrogen (secondary N) is 1.